The fraction of sp³-hybridized carbons (Fsp3) is 0.346. The van der Waals surface area contributed by atoms with E-state index in [1.165, 1.54) is 6.07 Å². The van der Waals surface area contributed by atoms with Crippen LogP contribution in [0.1, 0.15) is 11.1 Å². The van der Waals surface area contributed by atoms with E-state index in [0.29, 0.717) is 54.4 Å². The molecule has 9 nitrogen and oxygen atoms in total. The molecule has 0 spiro atoms. The molecule has 3 aromatic rings. The third kappa shape index (κ3) is 4.66. The van der Waals surface area contributed by atoms with Gasteiger partial charge in [0, 0.05) is 32.2 Å². The molecule has 2 aliphatic heterocycles. The molecule has 1 atom stereocenters. The average Bonchev–Trinajstić information content (AvgIpc) is 2.85. The third-order valence-electron chi connectivity index (χ3n) is 6.23. The molecule has 0 N–H and O–H groups in total. The predicted molar refractivity (Wildman–Crippen MR) is 127 cm³/mol. The summed E-state index contributed by atoms with van der Waals surface area (Å²) in [5.41, 5.74) is 1.59. The van der Waals surface area contributed by atoms with E-state index in [2.05, 4.69) is 0 Å². The van der Waals surface area contributed by atoms with Crippen LogP contribution < -0.4 is 19.8 Å². The van der Waals surface area contributed by atoms with E-state index in [-0.39, 0.29) is 25.0 Å². The second-order valence-corrected chi connectivity index (χ2v) is 8.74. The summed E-state index contributed by atoms with van der Waals surface area (Å²) >= 11 is 0. The molecule has 3 heterocycles. The lowest BCUT2D eigenvalue weighted by atomic mass is 10.1. The molecule has 0 aliphatic carbocycles. The quantitative estimate of drug-likeness (QED) is 0.531. The first-order valence-corrected chi connectivity index (χ1v) is 11.5. The van der Waals surface area contributed by atoms with Gasteiger partial charge in [-0.1, -0.05) is 12.1 Å². The fourth-order valence-corrected chi connectivity index (χ4v) is 4.44. The highest BCUT2D eigenvalue weighted by molar-refractivity contribution is 5.88. The number of aryl methyl sites for hydroxylation is 2. The van der Waals surface area contributed by atoms with Crippen LogP contribution in [-0.2, 0) is 9.59 Å². The Labute approximate surface area is 201 Å². The number of para-hydroxylation sites is 2. The number of carbonyl (C=O) groups is 2. The summed E-state index contributed by atoms with van der Waals surface area (Å²) in [5.74, 6) is 1.36. The molecular formula is C26H26N2O7. The number of hydrogen-bond acceptors (Lipinski definition) is 7. The lowest BCUT2D eigenvalue weighted by Gasteiger charge is -2.37. The second-order valence-electron chi connectivity index (χ2n) is 8.74. The molecule has 2 amide bonds. The molecule has 35 heavy (non-hydrogen) atoms. The van der Waals surface area contributed by atoms with Gasteiger partial charge in [-0.05, 0) is 49.2 Å². The standard InChI is InChI=1S/C26H26N2O7/c1-16-11-20(25-17(2)13-24(30)35-21(25)12-16)33-15-23(29)27-7-9-28(10-8-27)26(31)22-14-32-18-5-3-4-6-19(18)34-22/h3-6,11-13,22H,7-10,14-15H2,1-2H3/t22-/m1/s1. The highest BCUT2D eigenvalue weighted by atomic mass is 16.6. The summed E-state index contributed by atoms with van der Waals surface area (Å²) in [6.45, 7) is 5.30. The Bertz CT molecular complexity index is 1340. The Morgan fingerprint density at radius 3 is 2.49 bits per heavy atom. The zero-order chi connectivity index (χ0) is 24.5. The SMILES string of the molecule is Cc1cc(OCC(=O)N2CCN(C(=O)[C@H]3COc4ccccc4O3)CC2)c2c(C)cc(=O)oc2c1. The summed E-state index contributed by atoms with van der Waals surface area (Å²) in [4.78, 5) is 40.9. The number of fused-ring (bicyclic) bond motifs is 2. The second kappa shape index (κ2) is 9.32. The lowest BCUT2D eigenvalue weighted by molar-refractivity contribution is -0.146. The van der Waals surface area contributed by atoms with Crippen molar-refractivity contribution in [2.75, 3.05) is 39.4 Å². The molecule has 2 aromatic carbocycles. The molecule has 0 saturated carbocycles. The van der Waals surface area contributed by atoms with E-state index in [0.717, 1.165) is 11.1 Å². The van der Waals surface area contributed by atoms with Crippen molar-refractivity contribution in [2.24, 2.45) is 0 Å². The summed E-state index contributed by atoms with van der Waals surface area (Å²) in [5, 5.41) is 0.676. The minimum atomic E-state index is -0.701. The van der Waals surface area contributed by atoms with Gasteiger partial charge in [0.15, 0.2) is 18.1 Å². The Kier molecular flexibility index (Phi) is 6.07. The first kappa shape index (κ1) is 22.8. The molecule has 0 unspecified atom stereocenters. The van der Waals surface area contributed by atoms with Gasteiger partial charge in [-0.3, -0.25) is 9.59 Å². The maximum Gasteiger partial charge on any atom is 0.336 e. The number of nitrogens with zero attached hydrogens (tertiary/aromatic N) is 2. The minimum absolute atomic E-state index is 0.147. The number of carbonyl (C=O) groups excluding carboxylic acids is 2. The zero-order valence-corrected chi connectivity index (χ0v) is 19.6. The zero-order valence-electron chi connectivity index (χ0n) is 19.6. The van der Waals surface area contributed by atoms with Crippen LogP contribution >= 0.6 is 0 Å². The van der Waals surface area contributed by atoms with E-state index >= 15 is 0 Å². The van der Waals surface area contributed by atoms with Crippen molar-refractivity contribution in [1.29, 1.82) is 0 Å². The largest absolute Gasteiger partial charge is 0.485 e. The Hall–Kier alpha value is -4.01. The van der Waals surface area contributed by atoms with Crippen molar-refractivity contribution in [1.82, 2.24) is 9.80 Å². The normalized spacial score (nSPS) is 17.4. The number of piperazine rings is 1. The smallest absolute Gasteiger partial charge is 0.336 e. The molecule has 9 heteroatoms. The maximum atomic E-state index is 12.9. The van der Waals surface area contributed by atoms with Crippen molar-refractivity contribution in [3.63, 3.8) is 0 Å². The van der Waals surface area contributed by atoms with Crippen molar-refractivity contribution in [3.8, 4) is 17.2 Å². The van der Waals surface area contributed by atoms with Crippen LogP contribution in [0.15, 0.2) is 51.7 Å². The van der Waals surface area contributed by atoms with Crippen LogP contribution in [-0.4, -0.2) is 67.1 Å². The van der Waals surface area contributed by atoms with Crippen LogP contribution in [0.3, 0.4) is 0 Å². The van der Waals surface area contributed by atoms with E-state index in [1.54, 1.807) is 34.9 Å². The van der Waals surface area contributed by atoms with Gasteiger partial charge in [0.25, 0.3) is 11.8 Å². The van der Waals surface area contributed by atoms with Crippen LogP contribution in [0.2, 0.25) is 0 Å². The molecule has 5 rings (SSSR count). The van der Waals surface area contributed by atoms with E-state index < -0.39 is 11.7 Å². The van der Waals surface area contributed by atoms with Crippen LogP contribution in [0, 0.1) is 13.8 Å². The minimum Gasteiger partial charge on any atom is -0.485 e. The summed E-state index contributed by atoms with van der Waals surface area (Å²) in [6.07, 6.45) is -0.701. The van der Waals surface area contributed by atoms with Crippen LogP contribution in [0.25, 0.3) is 11.0 Å². The molecular weight excluding hydrogens is 452 g/mol. The number of rotatable bonds is 4. The molecule has 2 aliphatic rings. The van der Waals surface area contributed by atoms with Crippen molar-refractivity contribution >= 4 is 22.8 Å². The molecule has 1 saturated heterocycles. The van der Waals surface area contributed by atoms with Gasteiger partial charge in [-0.15, -0.1) is 0 Å². The highest BCUT2D eigenvalue weighted by Gasteiger charge is 2.33. The van der Waals surface area contributed by atoms with Crippen LogP contribution in [0.4, 0.5) is 0 Å². The number of hydrogen-bond donors (Lipinski definition) is 0. The van der Waals surface area contributed by atoms with E-state index in [9.17, 15) is 14.4 Å². The highest BCUT2D eigenvalue weighted by Crippen LogP contribution is 2.32. The molecule has 1 fully saturated rings. The fourth-order valence-electron chi connectivity index (χ4n) is 4.44. The van der Waals surface area contributed by atoms with Crippen LogP contribution in [0.5, 0.6) is 17.2 Å². The van der Waals surface area contributed by atoms with Crippen molar-refractivity contribution in [2.45, 2.75) is 20.0 Å². The molecule has 182 valence electrons. The van der Waals surface area contributed by atoms with Gasteiger partial charge in [-0.25, -0.2) is 4.79 Å². The Morgan fingerprint density at radius 2 is 1.71 bits per heavy atom. The number of benzene rings is 2. The summed E-state index contributed by atoms with van der Waals surface area (Å²) in [6, 6.07) is 12.3. The van der Waals surface area contributed by atoms with Gasteiger partial charge in [0.2, 0.25) is 6.10 Å². The Morgan fingerprint density at radius 1 is 1.00 bits per heavy atom. The van der Waals surface area contributed by atoms with Gasteiger partial charge in [0.1, 0.15) is 17.9 Å². The molecule has 1 aromatic heterocycles. The topological polar surface area (TPSA) is 98.5 Å². The van der Waals surface area contributed by atoms with Crippen molar-refractivity contribution in [3.05, 3.63) is 64.0 Å². The monoisotopic (exact) mass is 478 g/mol. The predicted octanol–water partition coefficient (Wildman–Crippen LogP) is 2.30. The van der Waals surface area contributed by atoms with Gasteiger partial charge < -0.3 is 28.4 Å². The lowest BCUT2D eigenvalue weighted by Crippen LogP contribution is -2.55. The molecule has 0 bridgehead atoms. The van der Waals surface area contributed by atoms with E-state index in [1.807, 2.05) is 25.1 Å². The number of ether oxygens (including phenoxy) is 3. The summed E-state index contributed by atoms with van der Waals surface area (Å²) < 4.78 is 22.7. The maximum absolute atomic E-state index is 12.9. The van der Waals surface area contributed by atoms with Crippen molar-refractivity contribution < 1.29 is 28.2 Å². The van der Waals surface area contributed by atoms with Gasteiger partial charge >= 0.3 is 5.63 Å². The first-order chi connectivity index (χ1) is 16.9. The Balaban J connectivity index is 1.18. The van der Waals surface area contributed by atoms with E-state index in [4.69, 9.17) is 18.6 Å². The first-order valence-electron chi connectivity index (χ1n) is 11.5. The van der Waals surface area contributed by atoms with Gasteiger partial charge in [0.05, 0.1) is 5.39 Å². The number of amides is 2. The summed E-state index contributed by atoms with van der Waals surface area (Å²) in [7, 11) is 0. The third-order valence-corrected chi connectivity index (χ3v) is 6.23. The molecule has 0 radical (unpaired) electrons. The average molecular weight is 479 g/mol. The van der Waals surface area contributed by atoms with Gasteiger partial charge in [-0.2, -0.15) is 0 Å².